The lowest BCUT2D eigenvalue weighted by molar-refractivity contribution is 0.144. The first-order valence-corrected chi connectivity index (χ1v) is 4.24. The predicted octanol–water partition coefficient (Wildman–Crippen LogP) is 2.78. The number of aryl methyl sites for hydroxylation is 1. The summed E-state index contributed by atoms with van der Waals surface area (Å²) in [6.45, 7) is 5.54. The summed E-state index contributed by atoms with van der Waals surface area (Å²) in [5.74, 6) is 0.378. The van der Waals surface area contributed by atoms with Crippen LogP contribution in [0.15, 0.2) is 30.9 Å². The molecule has 0 saturated carbocycles. The standard InChI is InChI=1S/C11H12O3/c1-3-4-9-7-8(2)5-6-10(9)14-11(12)13/h3,5-7H,1,4H2,2H3,(H,12,13). The van der Waals surface area contributed by atoms with Gasteiger partial charge in [0, 0.05) is 0 Å². The van der Waals surface area contributed by atoms with Crippen LogP contribution in [0.2, 0.25) is 0 Å². The lowest BCUT2D eigenvalue weighted by Gasteiger charge is -2.06. The number of carbonyl (C=O) groups is 1. The summed E-state index contributed by atoms with van der Waals surface area (Å²) >= 11 is 0. The van der Waals surface area contributed by atoms with E-state index in [0.717, 1.165) is 11.1 Å². The molecule has 0 fully saturated rings. The van der Waals surface area contributed by atoms with Crippen LogP contribution in [0.25, 0.3) is 0 Å². The van der Waals surface area contributed by atoms with Crippen molar-refractivity contribution in [3.63, 3.8) is 0 Å². The molecule has 14 heavy (non-hydrogen) atoms. The highest BCUT2D eigenvalue weighted by molar-refractivity contribution is 5.62. The topological polar surface area (TPSA) is 46.5 Å². The van der Waals surface area contributed by atoms with Gasteiger partial charge in [-0.15, -0.1) is 6.58 Å². The second kappa shape index (κ2) is 4.46. The molecule has 1 rings (SSSR count). The van der Waals surface area contributed by atoms with E-state index in [0.29, 0.717) is 12.2 Å². The summed E-state index contributed by atoms with van der Waals surface area (Å²) in [4.78, 5) is 10.4. The molecule has 0 amide bonds. The third-order valence-corrected chi connectivity index (χ3v) is 1.78. The van der Waals surface area contributed by atoms with Gasteiger partial charge in [0.1, 0.15) is 5.75 Å². The van der Waals surface area contributed by atoms with Crippen molar-refractivity contribution in [2.24, 2.45) is 0 Å². The summed E-state index contributed by atoms with van der Waals surface area (Å²) in [6, 6.07) is 5.35. The van der Waals surface area contributed by atoms with Crippen LogP contribution in [0.5, 0.6) is 5.75 Å². The summed E-state index contributed by atoms with van der Waals surface area (Å²) < 4.78 is 4.62. The van der Waals surface area contributed by atoms with Gasteiger partial charge in [0.05, 0.1) is 0 Å². The van der Waals surface area contributed by atoms with Crippen LogP contribution in [-0.4, -0.2) is 11.3 Å². The van der Waals surface area contributed by atoms with Crippen LogP contribution in [0.3, 0.4) is 0 Å². The minimum absolute atomic E-state index is 0.378. The van der Waals surface area contributed by atoms with Crippen molar-refractivity contribution < 1.29 is 14.6 Å². The van der Waals surface area contributed by atoms with Crippen molar-refractivity contribution in [3.8, 4) is 5.75 Å². The first kappa shape index (κ1) is 10.3. The molecule has 0 heterocycles. The van der Waals surface area contributed by atoms with Gasteiger partial charge in [-0.05, 0) is 25.0 Å². The second-order valence-electron chi connectivity index (χ2n) is 2.97. The maximum atomic E-state index is 10.4. The van der Waals surface area contributed by atoms with E-state index in [9.17, 15) is 4.79 Å². The summed E-state index contributed by atoms with van der Waals surface area (Å²) in [5.41, 5.74) is 1.90. The molecule has 0 radical (unpaired) electrons. The Morgan fingerprint density at radius 2 is 2.36 bits per heavy atom. The maximum absolute atomic E-state index is 10.4. The largest absolute Gasteiger partial charge is 0.511 e. The zero-order valence-electron chi connectivity index (χ0n) is 7.99. The molecule has 3 heteroatoms. The number of carboxylic acid groups (broad SMARTS) is 1. The van der Waals surface area contributed by atoms with Crippen LogP contribution in [0, 0.1) is 6.92 Å². The van der Waals surface area contributed by atoms with Gasteiger partial charge in [0.2, 0.25) is 0 Å². The van der Waals surface area contributed by atoms with Gasteiger partial charge in [0.25, 0.3) is 0 Å². The van der Waals surface area contributed by atoms with Crippen LogP contribution in [0.1, 0.15) is 11.1 Å². The highest BCUT2D eigenvalue weighted by Crippen LogP contribution is 2.20. The number of ether oxygens (including phenoxy) is 1. The Bertz CT molecular complexity index is 356. The highest BCUT2D eigenvalue weighted by atomic mass is 16.7. The molecular formula is C11H12O3. The Morgan fingerprint density at radius 3 is 2.93 bits per heavy atom. The molecule has 0 aliphatic rings. The van der Waals surface area contributed by atoms with E-state index >= 15 is 0 Å². The molecule has 0 saturated heterocycles. The fraction of sp³-hybridized carbons (Fsp3) is 0.182. The van der Waals surface area contributed by atoms with E-state index in [4.69, 9.17) is 5.11 Å². The molecule has 0 atom stereocenters. The minimum Gasteiger partial charge on any atom is -0.449 e. The van der Waals surface area contributed by atoms with Gasteiger partial charge in [-0.1, -0.05) is 23.8 Å². The Kier molecular flexibility index (Phi) is 3.29. The fourth-order valence-electron chi connectivity index (χ4n) is 1.22. The number of hydrogen-bond acceptors (Lipinski definition) is 2. The van der Waals surface area contributed by atoms with E-state index in [1.54, 1.807) is 12.1 Å². The van der Waals surface area contributed by atoms with E-state index < -0.39 is 6.16 Å². The number of hydrogen-bond donors (Lipinski definition) is 1. The van der Waals surface area contributed by atoms with Gasteiger partial charge in [-0.25, -0.2) is 4.79 Å². The average molecular weight is 192 g/mol. The van der Waals surface area contributed by atoms with Crippen LogP contribution in [-0.2, 0) is 6.42 Å². The van der Waals surface area contributed by atoms with Gasteiger partial charge in [0.15, 0.2) is 0 Å². The van der Waals surface area contributed by atoms with Crippen LogP contribution >= 0.6 is 0 Å². The van der Waals surface area contributed by atoms with Gasteiger partial charge >= 0.3 is 6.16 Å². The zero-order chi connectivity index (χ0) is 10.6. The fourth-order valence-corrected chi connectivity index (χ4v) is 1.22. The van der Waals surface area contributed by atoms with Crippen molar-refractivity contribution in [3.05, 3.63) is 42.0 Å². The molecule has 0 bridgehead atoms. The molecule has 0 spiro atoms. The van der Waals surface area contributed by atoms with Crippen molar-refractivity contribution in [2.75, 3.05) is 0 Å². The van der Waals surface area contributed by atoms with Gasteiger partial charge in [-0.2, -0.15) is 0 Å². The molecule has 0 aliphatic carbocycles. The van der Waals surface area contributed by atoms with Crippen molar-refractivity contribution in [1.29, 1.82) is 0 Å². The van der Waals surface area contributed by atoms with Gasteiger partial charge < -0.3 is 9.84 Å². The molecular weight excluding hydrogens is 180 g/mol. The Balaban J connectivity index is 3.01. The van der Waals surface area contributed by atoms with Crippen molar-refractivity contribution in [2.45, 2.75) is 13.3 Å². The second-order valence-corrected chi connectivity index (χ2v) is 2.97. The lowest BCUT2D eigenvalue weighted by Crippen LogP contribution is -2.05. The number of rotatable bonds is 3. The molecule has 3 nitrogen and oxygen atoms in total. The first-order chi connectivity index (χ1) is 6.63. The maximum Gasteiger partial charge on any atom is 0.511 e. The number of benzene rings is 1. The Hall–Kier alpha value is -1.77. The van der Waals surface area contributed by atoms with Crippen molar-refractivity contribution in [1.82, 2.24) is 0 Å². The Labute approximate surface area is 82.6 Å². The zero-order valence-corrected chi connectivity index (χ0v) is 7.99. The summed E-state index contributed by atoms with van der Waals surface area (Å²) in [5, 5.41) is 8.48. The third kappa shape index (κ3) is 2.62. The Morgan fingerprint density at radius 1 is 1.64 bits per heavy atom. The van der Waals surface area contributed by atoms with E-state index in [1.165, 1.54) is 0 Å². The lowest BCUT2D eigenvalue weighted by atomic mass is 10.1. The van der Waals surface area contributed by atoms with E-state index in [2.05, 4.69) is 11.3 Å². The summed E-state index contributed by atoms with van der Waals surface area (Å²) in [7, 11) is 0. The molecule has 1 aromatic carbocycles. The minimum atomic E-state index is -1.29. The third-order valence-electron chi connectivity index (χ3n) is 1.78. The summed E-state index contributed by atoms with van der Waals surface area (Å²) in [6.07, 6.45) is 1.02. The molecule has 0 aromatic heterocycles. The van der Waals surface area contributed by atoms with Gasteiger partial charge in [-0.3, -0.25) is 0 Å². The SMILES string of the molecule is C=CCc1cc(C)ccc1OC(=O)O. The molecule has 74 valence electrons. The monoisotopic (exact) mass is 192 g/mol. The van der Waals surface area contributed by atoms with Crippen LogP contribution < -0.4 is 4.74 Å². The van der Waals surface area contributed by atoms with Crippen molar-refractivity contribution >= 4 is 6.16 Å². The first-order valence-electron chi connectivity index (χ1n) is 4.24. The van der Waals surface area contributed by atoms with E-state index in [1.807, 2.05) is 19.1 Å². The normalized spacial score (nSPS) is 9.50. The molecule has 1 aromatic rings. The van der Waals surface area contributed by atoms with Crippen LogP contribution in [0.4, 0.5) is 4.79 Å². The highest BCUT2D eigenvalue weighted by Gasteiger charge is 2.06. The average Bonchev–Trinajstić information content (AvgIpc) is 2.09. The quantitative estimate of drug-likeness (QED) is 0.455. The smallest absolute Gasteiger partial charge is 0.449 e. The molecule has 0 aliphatic heterocycles. The van der Waals surface area contributed by atoms with E-state index in [-0.39, 0.29) is 0 Å². The number of allylic oxidation sites excluding steroid dienone is 1. The molecule has 1 N–H and O–H groups in total. The molecule has 0 unspecified atom stereocenters. The predicted molar refractivity (Wildman–Crippen MR) is 53.7 cm³/mol.